The zero-order valence-corrected chi connectivity index (χ0v) is 17.3. The number of nitrogens with one attached hydrogen (secondary N) is 1. The Labute approximate surface area is 160 Å². The number of benzene rings is 1. The van der Waals surface area contributed by atoms with Gasteiger partial charge in [-0.15, -0.1) is 11.3 Å². The van der Waals surface area contributed by atoms with E-state index in [-0.39, 0.29) is 17.7 Å². The third-order valence-electron chi connectivity index (χ3n) is 4.07. The molecule has 142 valence electrons. The van der Waals surface area contributed by atoms with Crippen LogP contribution in [0, 0.1) is 0 Å². The van der Waals surface area contributed by atoms with Crippen LogP contribution in [0.4, 0.5) is 5.69 Å². The maximum Gasteiger partial charge on any atom is 0.252 e. The minimum Gasteiger partial charge on any atom is -0.326 e. The fourth-order valence-corrected chi connectivity index (χ4v) is 4.83. The Balaban J connectivity index is 1.82. The molecular formula is C19H26N2O3S2. The molecule has 7 heteroatoms. The Morgan fingerprint density at radius 1 is 1.15 bits per heavy atom. The largest absolute Gasteiger partial charge is 0.326 e. The Bertz CT molecular complexity index is 821. The van der Waals surface area contributed by atoms with Crippen molar-refractivity contribution < 1.29 is 13.2 Å². The molecule has 2 aromatic rings. The van der Waals surface area contributed by atoms with Gasteiger partial charge in [0.15, 0.2) is 0 Å². The molecule has 0 spiro atoms. The fraction of sp³-hybridized carbons (Fsp3) is 0.421. The van der Waals surface area contributed by atoms with Gasteiger partial charge in [0, 0.05) is 25.7 Å². The van der Waals surface area contributed by atoms with Crippen molar-refractivity contribution >= 4 is 33.0 Å². The summed E-state index contributed by atoms with van der Waals surface area (Å²) in [6, 6.07) is 11.1. The van der Waals surface area contributed by atoms with E-state index in [1.165, 1.54) is 28.3 Å². The van der Waals surface area contributed by atoms with Crippen molar-refractivity contribution in [3.63, 3.8) is 0 Å². The second-order valence-corrected chi connectivity index (χ2v) is 10.5. The highest BCUT2D eigenvalue weighted by atomic mass is 32.2. The Hall–Kier alpha value is -1.70. The van der Waals surface area contributed by atoms with E-state index < -0.39 is 10.0 Å². The number of sulfonamides is 1. The van der Waals surface area contributed by atoms with Crippen LogP contribution in [-0.2, 0) is 20.2 Å². The van der Waals surface area contributed by atoms with E-state index in [4.69, 9.17) is 0 Å². The van der Waals surface area contributed by atoms with Gasteiger partial charge in [0.05, 0.1) is 0 Å². The molecule has 0 saturated carbocycles. The summed E-state index contributed by atoms with van der Waals surface area (Å²) in [5, 5.41) is 4.59. The molecule has 1 aromatic heterocycles. The van der Waals surface area contributed by atoms with Gasteiger partial charge in [-0.3, -0.25) is 4.79 Å². The Morgan fingerprint density at radius 2 is 1.81 bits per heavy atom. The summed E-state index contributed by atoms with van der Waals surface area (Å²) in [6.07, 6.45) is 0.734. The van der Waals surface area contributed by atoms with Gasteiger partial charge < -0.3 is 5.32 Å². The molecule has 0 radical (unpaired) electrons. The first-order valence-corrected chi connectivity index (χ1v) is 10.8. The van der Waals surface area contributed by atoms with Gasteiger partial charge >= 0.3 is 0 Å². The lowest BCUT2D eigenvalue weighted by Gasteiger charge is -2.19. The molecule has 0 atom stereocenters. The van der Waals surface area contributed by atoms with Crippen LogP contribution in [0.2, 0.25) is 0 Å². The van der Waals surface area contributed by atoms with Gasteiger partial charge in [0.25, 0.3) is 10.0 Å². The number of thiophene rings is 1. The van der Waals surface area contributed by atoms with Crippen molar-refractivity contribution in [3.8, 4) is 0 Å². The molecule has 1 N–H and O–H groups in total. The summed E-state index contributed by atoms with van der Waals surface area (Å²) >= 11 is 1.19. The first kappa shape index (κ1) is 20.6. The van der Waals surface area contributed by atoms with Gasteiger partial charge in [0.1, 0.15) is 4.21 Å². The molecule has 0 unspecified atom stereocenters. The Morgan fingerprint density at radius 3 is 2.35 bits per heavy atom. The molecule has 1 aromatic carbocycles. The third-order valence-corrected chi connectivity index (χ3v) is 7.30. The van der Waals surface area contributed by atoms with E-state index in [2.05, 4.69) is 26.1 Å². The van der Waals surface area contributed by atoms with Crippen LogP contribution in [0.3, 0.4) is 0 Å². The quantitative estimate of drug-likeness (QED) is 0.769. The fourth-order valence-electron chi connectivity index (χ4n) is 2.42. The molecule has 0 fully saturated rings. The third kappa shape index (κ3) is 5.40. The van der Waals surface area contributed by atoms with Crippen LogP contribution in [-0.4, -0.2) is 32.2 Å². The first-order chi connectivity index (χ1) is 12.1. The summed E-state index contributed by atoms with van der Waals surface area (Å²) in [6.45, 7) is 6.72. The minimum absolute atomic E-state index is 0.0706. The highest BCUT2D eigenvalue weighted by molar-refractivity contribution is 7.91. The monoisotopic (exact) mass is 394 g/mol. The van der Waals surface area contributed by atoms with Crippen LogP contribution in [0.25, 0.3) is 0 Å². The number of anilines is 1. The molecule has 0 aliphatic heterocycles. The maximum absolute atomic E-state index is 12.3. The van der Waals surface area contributed by atoms with Crippen LogP contribution in [0.1, 0.15) is 39.2 Å². The van der Waals surface area contributed by atoms with Crippen LogP contribution in [0.5, 0.6) is 0 Å². The van der Waals surface area contributed by atoms with Crippen molar-refractivity contribution in [2.24, 2.45) is 0 Å². The summed E-state index contributed by atoms with van der Waals surface area (Å²) in [5.41, 5.74) is 2.03. The lowest BCUT2D eigenvalue weighted by molar-refractivity contribution is -0.116. The van der Waals surface area contributed by atoms with Crippen molar-refractivity contribution in [3.05, 3.63) is 47.3 Å². The molecule has 2 rings (SSSR count). The van der Waals surface area contributed by atoms with Gasteiger partial charge in [-0.1, -0.05) is 39.0 Å². The average Bonchev–Trinajstić information content (AvgIpc) is 3.09. The second kappa shape index (κ2) is 8.33. The van der Waals surface area contributed by atoms with E-state index in [0.29, 0.717) is 17.2 Å². The number of hydrogen-bond acceptors (Lipinski definition) is 4. The minimum atomic E-state index is -3.45. The van der Waals surface area contributed by atoms with Crippen molar-refractivity contribution in [1.29, 1.82) is 0 Å². The van der Waals surface area contributed by atoms with E-state index in [0.717, 1.165) is 5.69 Å². The number of carbonyl (C=O) groups excluding carboxylic acids is 1. The molecule has 5 nitrogen and oxygen atoms in total. The van der Waals surface area contributed by atoms with Crippen LogP contribution in [0.15, 0.2) is 46.0 Å². The van der Waals surface area contributed by atoms with E-state index >= 15 is 0 Å². The number of carbonyl (C=O) groups is 1. The predicted molar refractivity (Wildman–Crippen MR) is 107 cm³/mol. The van der Waals surface area contributed by atoms with Crippen LogP contribution < -0.4 is 5.32 Å². The molecule has 0 aliphatic carbocycles. The van der Waals surface area contributed by atoms with Crippen molar-refractivity contribution in [1.82, 2.24) is 4.31 Å². The SMILES string of the molecule is CN(CCCC(=O)Nc1ccc(C(C)(C)C)cc1)S(=O)(=O)c1cccs1. The molecule has 26 heavy (non-hydrogen) atoms. The van der Waals surface area contributed by atoms with Crippen LogP contribution >= 0.6 is 11.3 Å². The topological polar surface area (TPSA) is 66.5 Å². The second-order valence-electron chi connectivity index (χ2n) is 7.24. The van der Waals surface area contributed by atoms with Crippen molar-refractivity contribution in [2.45, 2.75) is 43.2 Å². The van der Waals surface area contributed by atoms with E-state index in [1.54, 1.807) is 17.5 Å². The van der Waals surface area contributed by atoms with Gasteiger partial charge in [-0.05, 0) is 41.0 Å². The number of rotatable bonds is 7. The number of nitrogens with zero attached hydrogens (tertiary/aromatic N) is 1. The molecular weight excluding hydrogens is 368 g/mol. The summed E-state index contributed by atoms with van der Waals surface area (Å²) in [5.74, 6) is -0.115. The van der Waals surface area contributed by atoms with E-state index in [1.807, 2.05) is 24.3 Å². The first-order valence-electron chi connectivity index (χ1n) is 8.51. The normalized spacial score (nSPS) is 12.3. The Kier molecular flexibility index (Phi) is 6.60. The highest BCUT2D eigenvalue weighted by Crippen LogP contribution is 2.23. The smallest absolute Gasteiger partial charge is 0.252 e. The van der Waals surface area contributed by atoms with Gasteiger partial charge in [-0.25, -0.2) is 12.7 Å². The lowest BCUT2D eigenvalue weighted by atomic mass is 9.87. The van der Waals surface area contributed by atoms with E-state index in [9.17, 15) is 13.2 Å². The molecule has 0 aliphatic rings. The molecule has 0 bridgehead atoms. The lowest BCUT2D eigenvalue weighted by Crippen LogP contribution is -2.28. The molecule has 1 heterocycles. The summed E-state index contributed by atoms with van der Waals surface area (Å²) in [7, 11) is -1.91. The van der Waals surface area contributed by atoms with Crippen molar-refractivity contribution in [2.75, 3.05) is 18.9 Å². The average molecular weight is 395 g/mol. The molecule has 1 amide bonds. The summed E-state index contributed by atoms with van der Waals surface area (Å²) in [4.78, 5) is 12.1. The zero-order valence-electron chi connectivity index (χ0n) is 15.7. The van der Waals surface area contributed by atoms with Gasteiger partial charge in [-0.2, -0.15) is 0 Å². The standard InChI is InChI=1S/C19H26N2O3S2/c1-19(2,3)15-9-11-16(12-10-15)20-17(22)7-5-13-21(4)26(23,24)18-8-6-14-25-18/h6,8-12,14H,5,7,13H2,1-4H3,(H,20,22). The summed E-state index contributed by atoms with van der Waals surface area (Å²) < 4.78 is 26.2. The number of hydrogen-bond donors (Lipinski definition) is 1. The predicted octanol–water partition coefficient (Wildman–Crippen LogP) is 4.09. The molecule has 0 saturated heterocycles. The highest BCUT2D eigenvalue weighted by Gasteiger charge is 2.21. The number of amides is 1. The van der Waals surface area contributed by atoms with Gasteiger partial charge in [0.2, 0.25) is 5.91 Å². The maximum atomic E-state index is 12.3. The zero-order chi connectivity index (χ0) is 19.4.